The fourth-order valence-corrected chi connectivity index (χ4v) is 2.97. The van der Waals surface area contributed by atoms with E-state index in [0.717, 1.165) is 10.8 Å². The molecule has 0 aliphatic rings. The van der Waals surface area contributed by atoms with E-state index in [1.807, 2.05) is 36.4 Å². The van der Waals surface area contributed by atoms with Gasteiger partial charge in [0.25, 0.3) is 11.8 Å². The van der Waals surface area contributed by atoms with Crippen LogP contribution in [0.15, 0.2) is 53.1 Å². The van der Waals surface area contributed by atoms with Gasteiger partial charge in [-0.05, 0) is 22.9 Å². The summed E-state index contributed by atoms with van der Waals surface area (Å²) < 4.78 is 15.5. The van der Waals surface area contributed by atoms with E-state index in [2.05, 4.69) is 10.3 Å². The van der Waals surface area contributed by atoms with Crippen molar-refractivity contribution >= 4 is 22.6 Å². The number of hydrogen-bond acceptors (Lipinski definition) is 6. The van der Waals surface area contributed by atoms with Gasteiger partial charge in [-0.3, -0.25) is 9.59 Å². The first kappa shape index (κ1) is 21.5. The predicted molar refractivity (Wildman–Crippen MR) is 111 cm³/mol. The van der Waals surface area contributed by atoms with Crippen LogP contribution in [-0.4, -0.2) is 62.2 Å². The van der Waals surface area contributed by atoms with Gasteiger partial charge >= 0.3 is 0 Å². The average molecular weight is 411 g/mol. The molecule has 158 valence electrons. The van der Waals surface area contributed by atoms with Crippen LogP contribution in [0.2, 0.25) is 0 Å². The summed E-state index contributed by atoms with van der Waals surface area (Å²) in [5.74, 6) is -0.245. The number of rotatable bonds is 10. The Bertz CT molecular complexity index is 1000. The molecule has 0 unspecified atom stereocenters. The van der Waals surface area contributed by atoms with Crippen molar-refractivity contribution in [2.75, 3.05) is 40.5 Å². The van der Waals surface area contributed by atoms with Crippen molar-refractivity contribution < 1.29 is 23.5 Å². The van der Waals surface area contributed by atoms with E-state index >= 15 is 0 Å². The summed E-state index contributed by atoms with van der Waals surface area (Å²) in [5.41, 5.74) is 0.722. The molecule has 0 bridgehead atoms. The molecule has 0 aliphatic heterocycles. The van der Waals surface area contributed by atoms with Crippen molar-refractivity contribution in [1.29, 1.82) is 0 Å². The maximum Gasteiger partial charge on any atom is 0.273 e. The summed E-state index contributed by atoms with van der Waals surface area (Å²) in [6.07, 6.45) is 1.28. The zero-order valence-corrected chi connectivity index (χ0v) is 17.1. The summed E-state index contributed by atoms with van der Waals surface area (Å²) in [7, 11) is 3.13. The van der Waals surface area contributed by atoms with Crippen molar-refractivity contribution in [2.24, 2.45) is 0 Å². The van der Waals surface area contributed by atoms with Gasteiger partial charge in [0.05, 0.1) is 19.8 Å². The van der Waals surface area contributed by atoms with Gasteiger partial charge in [0, 0.05) is 32.9 Å². The van der Waals surface area contributed by atoms with Crippen LogP contribution in [0.5, 0.6) is 0 Å². The second kappa shape index (κ2) is 10.5. The summed E-state index contributed by atoms with van der Waals surface area (Å²) in [6, 6.07) is 13.4. The number of oxazole rings is 1. The van der Waals surface area contributed by atoms with Gasteiger partial charge in [0.15, 0.2) is 5.69 Å². The molecule has 0 atom stereocenters. The average Bonchev–Trinajstić information content (AvgIpc) is 3.24. The van der Waals surface area contributed by atoms with E-state index in [1.165, 1.54) is 6.26 Å². The predicted octanol–water partition coefficient (Wildman–Crippen LogP) is 2.49. The SMILES string of the molecule is COCCNC(=O)c1coc(CN(CCOC)C(=O)c2ccc3ccccc3c2)n1. The molecule has 0 saturated carbocycles. The number of ether oxygens (including phenoxy) is 2. The first-order valence-electron chi connectivity index (χ1n) is 9.61. The van der Waals surface area contributed by atoms with E-state index < -0.39 is 0 Å². The van der Waals surface area contributed by atoms with Gasteiger partial charge in [0.1, 0.15) is 6.26 Å². The minimum Gasteiger partial charge on any atom is -0.446 e. The summed E-state index contributed by atoms with van der Waals surface area (Å²) in [5, 5.41) is 4.73. The van der Waals surface area contributed by atoms with Gasteiger partial charge in [-0.2, -0.15) is 0 Å². The van der Waals surface area contributed by atoms with Gasteiger partial charge < -0.3 is 24.1 Å². The van der Waals surface area contributed by atoms with Crippen molar-refractivity contribution in [3.63, 3.8) is 0 Å². The Morgan fingerprint density at radius 1 is 1.07 bits per heavy atom. The fraction of sp³-hybridized carbons (Fsp3) is 0.318. The van der Waals surface area contributed by atoms with Crippen LogP contribution in [-0.2, 0) is 16.0 Å². The highest BCUT2D eigenvalue weighted by Gasteiger charge is 2.20. The number of methoxy groups -OCH3 is 2. The molecular formula is C22H25N3O5. The van der Waals surface area contributed by atoms with Crippen LogP contribution >= 0.6 is 0 Å². The lowest BCUT2D eigenvalue weighted by atomic mass is 10.1. The van der Waals surface area contributed by atoms with Crippen molar-refractivity contribution in [2.45, 2.75) is 6.54 Å². The van der Waals surface area contributed by atoms with Gasteiger partial charge in [-0.15, -0.1) is 0 Å². The zero-order valence-electron chi connectivity index (χ0n) is 17.1. The van der Waals surface area contributed by atoms with Crippen molar-refractivity contribution in [3.8, 4) is 0 Å². The largest absolute Gasteiger partial charge is 0.446 e. The van der Waals surface area contributed by atoms with E-state index in [9.17, 15) is 9.59 Å². The molecule has 0 saturated heterocycles. The minimum atomic E-state index is -0.355. The maximum atomic E-state index is 13.1. The number of amides is 2. The van der Waals surface area contributed by atoms with Crippen LogP contribution in [0.25, 0.3) is 10.8 Å². The molecule has 8 heteroatoms. The highest BCUT2D eigenvalue weighted by atomic mass is 16.5. The zero-order chi connectivity index (χ0) is 21.3. The van der Waals surface area contributed by atoms with E-state index in [1.54, 1.807) is 25.2 Å². The maximum absolute atomic E-state index is 13.1. The molecule has 1 heterocycles. The Hall–Kier alpha value is -3.23. The second-order valence-electron chi connectivity index (χ2n) is 6.66. The highest BCUT2D eigenvalue weighted by molar-refractivity contribution is 5.98. The molecule has 0 aliphatic carbocycles. The monoisotopic (exact) mass is 411 g/mol. The third kappa shape index (κ3) is 5.43. The molecule has 3 aromatic rings. The molecule has 0 spiro atoms. The molecule has 0 radical (unpaired) electrons. The molecule has 2 aromatic carbocycles. The topological polar surface area (TPSA) is 93.9 Å². The van der Waals surface area contributed by atoms with E-state index in [0.29, 0.717) is 31.9 Å². The lowest BCUT2D eigenvalue weighted by Gasteiger charge is -2.21. The van der Waals surface area contributed by atoms with Crippen LogP contribution in [0.4, 0.5) is 0 Å². The summed E-state index contributed by atoms with van der Waals surface area (Å²) >= 11 is 0. The van der Waals surface area contributed by atoms with Crippen LogP contribution in [0, 0.1) is 0 Å². The third-order valence-corrected chi connectivity index (χ3v) is 4.55. The van der Waals surface area contributed by atoms with E-state index in [4.69, 9.17) is 13.9 Å². The Balaban J connectivity index is 1.73. The van der Waals surface area contributed by atoms with Gasteiger partial charge in [-0.1, -0.05) is 30.3 Å². The number of nitrogens with one attached hydrogen (secondary N) is 1. The van der Waals surface area contributed by atoms with Gasteiger partial charge in [0.2, 0.25) is 5.89 Å². The number of hydrogen-bond donors (Lipinski definition) is 1. The van der Waals surface area contributed by atoms with E-state index in [-0.39, 0.29) is 29.9 Å². The number of benzene rings is 2. The Morgan fingerprint density at radius 3 is 2.60 bits per heavy atom. The lowest BCUT2D eigenvalue weighted by Crippen LogP contribution is -2.33. The molecule has 1 aromatic heterocycles. The van der Waals surface area contributed by atoms with Crippen molar-refractivity contribution in [3.05, 3.63) is 65.9 Å². The van der Waals surface area contributed by atoms with Crippen LogP contribution in [0.1, 0.15) is 26.7 Å². The quantitative estimate of drug-likeness (QED) is 0.515. The Kier molecular flexibility index (Phi) is 7.53. The minimum absolute atomic E-state index is 0.125. The molecule has 2 amide bonds. The number of fused-ring (bicyclic) bond motifs is 1. The molecule has 3 rings (SSSR count). The van der Waals surface area contributed by atoms with Crippen LogP contribution < -0.4 is 5.32 Å². The molecule has 8 nitrogen and oxygen atoms in total. The number of nitrogens with zero attached hydrogens (tertiary/aromatic N) is 2. The summed E-state index contributed by atoms with van der Waals surface area (Å²) in [4.78, 5) is 31.0. The normalized spacial score (nSPS) is 10.9. The standard InChI is InChI=1S/C22H25N3O5/c1-28-11-9-23-21(26)19-15-30-20(24-19)14-25(10-12-29-2)22(27)18-8-7-16-5-3-4-6-17(16)13-18/h3-8,13,15H,9-12,14H2,1-2H3,(H,23,26). The Morgan fingerprint density at radius 2 is 1.83 bits per heavy atom. The molecular weight excluding hydrogens is 386 g/mol. The number of aromatic nitrogens is 1. The smallest absolute Gasteiger partial charge is 0.273 e. The lowest BCUT2D eigenvalue weighted by molar-refractivity contribution is 0.0663. The molecule has 0 fully saturated rings. The molecule has 30 heavy (non-hydrogen) atoms. The summed E-state index contributed by atoms with van der Waals surface area (Å²) in [6.45, 7) is 1.63. The van der Waals surface area contributed by atoms with Crippen LogP contribution in [0.3, 0.4) is 0 Å². The first-order valence-corrected chi connectivity index (χ1v) is 9.61. The number of carbonyl (C=O) groups is 2. The first-order chi connectivity index (χ1) is 14.6. The third-order valence-electron chi connectivity index (χ3n) is 4.55. The molecule has 1 N–H and O–H groups in total. The Labute approximate surface area is 174 Å². The number of carbonyl (C=O) groups excluding carboxylic acids is 2. The fourth-order valence-electron chi connectivity index (χ4n) is 2.97. The highest BCUT2D eigenvalue weighted by Crippen LogP contribution is 2.18. The second-order valence-corrected chi connectivity index (χ2v) is 6.66. The van der Waals surface area contributed by atoms with Crippen molar-refractivity contribution in [1.82, 2.24) is 15.2 Å². The van der Waals surface area contributed by atoms with Gasteiger partial charge in [-0.25, -0.2) is 4.98 Å².